The first-order chi connectivity index (χ1) is 14.1. The van der Waals surface area contributed by atoms with E-state index < -0.39 is 0 Å². The van der Waals surface area contributed by atoms with Gasteiger partial charge in [-0.05, 0) is 25.8 Å². The molecule has 1 amide bonds. The molecule has 2 aliphatic rings. The maximum Gasteiger partial charge on any atom is 0.234 e. The van der Waals surface area contributed by atoms with Crippen molar-refractivity contribution in [3.05, 3.63) is 17.7 Å². The number of hydrogen-bond acceptors (Lipinski definition) is 10. The van der Waals surface area contributed by atoms with Gasteiger partial charge in [-0.3, -0.25) is 9.59 Å². The van der Waals surface area contributed by atoms with E-state index in [9.17, 15) is 9.59 Å². The molecule has 0 unspecified atom stereocenters. The quantitative estimate of drug-likeness (QED) is 0.476. The van der Waals surface area contributed by atoms with Crippen molar-refractivity contribution in [3.63, 3.8) is 0 Å². The number of nitrogens with one attached hydrogen (secondary N) is 2. The molecule has 2 N–H and O–H groups in total. The van der Waals surface area contributed by atoms with Crippen molar-refractivity contribution in [2.75, 3.05) is 36.3 Å². The van der Waals surface area contributed by atoms with Crippen molar-refractivity contribution < 1.29 is 23.8 Å². The molecule has 3 heterocycles. The summed E-state index contributed by atoms with van der Waals surface area (Å²) in [4.78, 5) is 24.3. The Balaban J connectivity index is 1.31. The fourth-order valence-corrected chi connectivity index (χ4v) is 4.56. The molecule has 0 saturated carbocycles. The van der Waals surface area contributed by atoms with E-state index in [1.54, 1.807) is 12.1 Å². The molecular weight excluding hydrogens is 416 g/mol. The minimum absolute atomic E-state index is 0.0974. The zero-order valence-electron chi connectivity index (χ0n) is 15.7. The predicted molar refractivity (Wildman–Crippen MR) is 109 cm³/mol. The number of ketones is 1. The third kappa shape index (κ3) is 4.98. The second-order valence-electron chi connectivity index (χ2n) is 6.53. The van der Waals surface area contributed by atoms with Crippen LogP contribution in [0.4, 0.5) is 10.8 Å². The molecule has 2 aliphatic heterocycles. The summed E-state index contributed by atoms with van der Waals surface area (Å²) in [5.41, 5.74) is 0.785. The van der Waals surface area contributed by atoms with Gasteiger partial charge < -0.3 is 24.8 Å². The Morgan fingerprint density at radius 1 is 1.28 bits per heavy atom. The molecule has 1 aromatic heterocycles. The number of aromatic nitrogens is 2. The Labute approximate surface area is 175 Å². The summed E-state index contributed by atoms with van der Waals surface area (Å²) < 4.78 is 16.9. The van der Waals surface area contributed by atoms with Gasteiger partial charge in [0.15, 0.2) is 21.6 Å². The van der Waals surface area contributed by atoms with Crippen LogP contribution in [0, 0.1) is 0 Å². The number of carbonyl (C=O) groups excluding carboxylic acids is 2. The standard InChI is InChI=1S/C18H20N4O5S2/c1-10(23)12-5-14-15(27-9-26-14)6-13(12)20-16(24)8-28-18-22-21-17(29-18)19-7-11-3-2-4-25-11/h5-6,11H,2-4,7-9H2,1H3,(H,19,21)(H,20,24)/t11-/m1/s1. The van der Waals surface area contributed by atoms with Crippen molar-refractivity contribution in [3.8, 4) is 11.5 Å². The number of Topliss-reactive ketones (excluding diaryl/α,β-unsaturated/α-hetero) is 1. The first kappa shape index (κ1) is 19.9. The van der Waals surface area contributed by atoms with E-state index in [1.807, 2.05) is 0 Å². The molecular formula is C18H20N4O5S2. The normalized spacial score (nSPS) is 17.3. The number of benzene rings is 1. The van der Waals surface area contributed by atoms with Crippen molar-refractivity contribution in [1.29, 1.82) is 0 Å². The summed E-state index contributed by atoms with van der Waals surface area (Å²) in [6, 6.07) is 3.20. The Hall–Kier alpha value is -2.37. The van der Waals surface area contributed by atoms with Gasteiger partial charge in [0.25, 0.3) is 0 Å². The molecule has 2 aromatic rings. The molecule has 11 heteroatoms. The molecule has 1 atom stereocenters. The minimum Gasteiger partial charge on any atom is -0.454 e. The number of ether oxygens (including phenoxy) is 3. The van der Waals surface area contributed by atoms with E-state index in [1.165, 1.54) is 30.0 Å². The second kappa shape index (κ2) is 8.97. The Kier molecular flexibility index (Phi) is 6.16. The van der Waals surface area contributed by atoms with Crippen LogP contribution in [0.5, 0.6) is 11.5 Å². The molecule has 0 aliphatic carbocycles. The number of rotatable bonds is 8. The number of nitrogens with zero attached hydrogens (tertiary/aromatic N) is 2. The molecule has 154 valence electrons. The maximum atomic E-state index is 12.4. The SMILES string of the molecule is CC(=O)c1cc2c(cc1NC(=O)CSc1nnc(NC[C@H]3CCCO3)s1)OCO2. The van der Waals surface area contributed by atoms with Crippen molar-refractivity contribution in [2.24, 2.45) is 0 Å². The molecule has 29 heavy (non-hydrogen) atoms. The molecule has 1 aromatic carbocycles. The van der Waals surface area contributed by atoms with Gasteiger partial charge in [0.05, 0.1) is 17.5 Å². The largest absolute Gasteiger partial charge is 0.454 e. The molecule has 1 fully saturated rings. The van der Waals surface area contributed by atoms with Crippen LogP contribution in [-0.2, 0) is 9.53 Å². The van der Waals surface area contributed by atoms with Gasteiger partial charge in [-0.2, -0.15) is 0 Å². The molecule has 1 saturated heterocycles. The van der Waals surface area contributed by atoms with E-state index in [4.69, 9.17) is 14.2 Å². The minimum atomic E-state index is -0.250. The summed E-state index contributed by atoms with van der Waals surface area (Å²) >= 11 is 2.68. The number of amides is 1. The molecule has 0 radical (unpaired) electrons. The van der Waals surface area contributed by atoms with Gasteiger partial charge in [0, 0.05) is 24.8 Å². The lowest BCUT2D eigenvalue weighted by Gasteiger charge is -2.10. The van der Waals surface area contributed by atoms with Gasteiger partial charge >= 0.3 is 0 Å². The van der Waals surface area contributed by atoms with Crippen LogP contribution in [0.25, 0.3) is 0 Å². The van der Waals surface area contributed by atoms with E-state index in [2.05, 4.69) is 20.8 Å². The highest BCUT2D eigenvalue weighted by Gasteiger charge is 2.21. The van der Waals surface area contributed by atoms with Crippen molar-refractivity contribution in [2.45, 2.75) is 30.2 Å². The zero-order valence-corrected chi connectivity index (χ0v) is 17.4. The number of fused-ring (bicyclic) bond motifs is 1. The number of anilines is 2. The number of carbonyl (C=O) groups is 2. The third-order valence-corrected chi connectivity index (χ3v) is 6.42. The van der Waals surface area contributed by atoms with Crippen LogP contribution in [0.15, 0.2) is 16.5 Å². The highest BCUT2D eigenvalue weighted by Crippen LogP contribution is 2.37. The lowest BCUT2D eigenvalue weighted by Crippen LogP contribution is -2.18. The van der Waals surface area contributed by atoms with Gasteiger partial charge in [-0.25, -0.2) is 0 Å². The zero-order chi connectivity index (χ0) is 20.2. The lowest BCUT2D eigenvalue weighted by atomic mass is 10.1. The van der Waals surface area contributed by atoms with E-state index in [-0.39, 0.29) is 30.3 Å². The highest BCUT2D eigenvalue weighted by molar-refractivity contribution is 8.01. The highest BCUT2D eigenvalue weighted by atomic mass is 32.2. The van der Waals surface area contributed by atoms with Crippen LogP contribution < -0.4 is 20.1 Å². The second-order valence-corrected chi connectivity index (χ2v) is 8.73. The average molecular weight is 437 g/mol. The van der Waals surface area contributed by atoms with E-state index >= 15 is 0 Å². The van der Waals surface area contributed by atoms with Crippen LogP contribution in [0.1, 0.15) is 30.1 Å². The van der Waals surface area contributed by atoms with Crippen LogP contribution in [-0.4, -0.2) is 53.7 Å². The van der Waals surface area contributed by atoms with Crippen LogP contribution >= 0.6 is 23.1 Å². The van der Waals surface area contributed by atoms with Crippen LogP contribution in [0.2, 0.25) is 0 Å². The number of hydrogen-bond donors (Lipinski definition) is 2. The Bertz CT molecular complexity index is 914. The van der Waals surface area contributed by atoms with Gasteiger partial charge in [-0.1, -0.05) is 23.1 Å². The smallest absolute Gasteiger partial charge is 0.234 e. The topological polar surface area (TPSA) is 112 Å². The third-order valence-electron chi connectivity index (χ3n) is 4.40. The van der Waals surface area contributed by atoms with Gasteiger partial charge in [0.2, 0.25) is 17.8 Å². The summed E-state index contributed by atoms with van der Waals surface area (Å²) in [6.45, 7) is 3.06. The van der Waals surface area contributed by atoms with E-state index in [0.717, 1.165) is 19.4 Å². The van der Waals surface area contributed by atoms with Crippen LogP contribution in [0.3, 0.4) is 0 Å². The fraction of sp³-hybridized carbons (Fsp3) is 0.444. The first-order valence-corrected chi connectivity index (χ1v) is 10.9. The van der Waals surface area contributed by atoms with Gasteiger partial charge in [-0.15, -0.1) is 10.2 Å². The summed E-state index contributed by atoms with van der Waals surface area (Å²) in [5.74, 6) is 0.730. The van der Waals surface area contributed by atoms with Crippen molar-refractivity contribution >= 4 is 45.6 Å². The summed E-state index contributed by atoms with van der Waals surface area (Å²) in [5, 5.41) is 14.9. The summed E-state index contributed by atoms with van der Waals surface area (Å²) in [7, 11) is 0. The summed E-state index contributed by atoms with van der Waals surface area (Å²) in [6.07, 6.45) is 2.36. The monoisotopic (exact) mass is 436 g/mol. The molecule has 0 bridgehead atoms. The van der Waals surface area contributed by atoms with Gasteiger partial charge in [0.1, 0.15) is 0 Å². The maximum absolute atomic E-state index is 12.4. The van der Waals surface area contributed by atoms with Crippen molar-refractivity contribution in [1.82, 2.24) is 10.2 Å². The number of thioether (sulfide) groups is 1. The lowest BCUT2D eigenvalue weighted by molar-refractivity contribution is -0.113. The Morgan fingerprint density at radius 3 is 2.86 bits per heavy atom. The molecule has 0 spiro atoms. The molecule has 4 rings (SSSR count). The average Bonchev–Trinajstić information content (AvgIpc) is 3.45. The van der Waals surface area contributed by atoms with E-state index in [0.29, 0.717) is 38.8 Å². The fourth-order valence-electron chi connectivity index (χ4n) is 3.00. The predicted octanol–water partition coefficient (Wildman–Crippen LogP) is 2.79. The Morgan fingerprint density at radius 2 is 2.10 bits per heavy atom. The molecule has 9 nitrogen and oxygen atoms in total. The first-order valence-electron chi connectivity index (χ1n) is 9.14.